The molecule has 0 radical (unpaired) electrons. The predicted molar refractivity (Wildman–Crippen MR) is 100 cm³/mol. The molecule has 0 bridgehead atoms. The van der Waals surface area contributed by atoms with Gasteiger partial charge in [0.1, 0.15) is 5.82 Å². The molecule has 0 heterocycles. The quantitative estimate of drug-likeness (QED) is 0.702. The number of aliphatic hydroxyl groups excluding tert-OH is 1. The van der Waals surface area contributed by atoms with Gasteiger partial charge in [-0.1, -0.05) is 12.1 Å². The third kappa shape index (κ3) is 3.96. The van der Waals surface area contributed by atoms with Crippen LogP contribution in [0.2, 0.25) is 0 Å². The first-order valence-corrected chi connectivity index (χ1v) is 9.09. The summed E-state index contributed by atoms with van der Waals surface area (Å²) in [5.41, 5.74) is 5.22. The Labute approximate surface area is 153 Å². The lowest BCUT2D eigenvalue weighted by Crippen LogP contribution is -1.99. The third-order valence-electron chi connectivity index (χ3n) is 4.97. The van der Waals surface area contributed by atoms with Crippen molar-refractivity contribution in [1.82, 2.24) is 0 Å². The monoisotopic (exact) mass is 358 g/mol. The zero-order chi connectivity index (χ0) is 18.5. The van der Waals surface area contributed by atoms with Crippen LogP contribution in [-0.2, 0) is 6.42 Å². The third-order valence-corrected chi connectivity index (χ3v) is 4.97. The Morgan fingerprint density at radius 1 is 1.04 bits per heavy atom. The molecule has 0 spiro atoms. The molecule has 1 aliphatic rings. The van der Waals surface area contributed by atoms with E-state index in [4.69, 9.17) is 9.84 Å². The lowest BCUT2D eigenvalue weighted by Gasteiger charge is -2.17. The number of aliphatic hydroxyl groups is 1. The Kier molecular flexibility index (Phi) is 6.04. The number of ether oxygens (including phenoxy) is 1. The minimum absolute atomic E-state index is 0.142. The summed E-state index contributed by atoms with van der Waals surface area (Å²) in [6.07, 6.45) is 4.93. The average Bonchev–Trinajstić information content (AvgIpc) is 2.81. The van der Waals surface area contributed by atoms with Crippen LogP contribution >= 0.6 is 0 Å². The van der Waals surface area contributed by atoms with E-state index in [1.807, 2.05) is 0 Å². The van der Waals surface area contributed by atoms with E-state index in [1.54, 1.807) is 24.3 Å². The molecule has 2 nitrogen and oxygen atoms in total. The first-order chi connectivity index (χ1) is 12.6. The summed E-state index contributed by atoms with van der Waals surface area (Å²) >= 11 is 0. The second kappa shape index (κ2) is 8.45. The number of allylic oxidation sites excluding steroid dienone is 2. The van der Waals surface area contributed by atoms with Gasteiger partial charge in [-0.3, -0.25) is 0 Å². The van der Waals surface area contributed by atoms with Crippen LogP contribution in [0.4, 0.5) is 8.78 Å². The molecule has 0 aromatic heterocycles. The molecule has 0 aliphatic heterocycles. The molecular formula is C22H24F2O2. The van der Waals surface area contributed by atoms with Crippen LogP contribution in [0.15, 0.2) is 36.4 Å². The highest BCUT2D eigenvalue weighted by molar-refractivity contribution is 5.92. The fourth-order valence-electron chi connectivity index (χ4n) is 3.68. The predicted octanol–water partition coefficient (Wildman–Crippen LogP) is 5.38. The second-order valence-corrected chi connectivity index (χ2v) is 6.64. The van der Waals surface area contributed by atoms with E-state index in [9.17, 15) is 8.78 Å². The number of benzene rings is 2. The van der Waals surface area contributed by atoms with Crippen LogP contribution in [0.1, 0.15) is 48.8 Å². The second-order valence-electron chi connectivity index (χ2n) is 6.64. The van der Waals surface area contributed by atoms with Crippen molar-refractivity contribution < 1.29 is 18.6 Å². The van der Waals surface area contributed by atoms with E-state index >= 15 is 0 Å². The lowest BCUT2D eigenvalue weighted by molar-refractivity contribution is 0.285. The average molecular weight is 358 g/mol. The zero-order valence-corrected chi connectivity index (χ0v) is 15.0. The Bertz CT molecular complexity index is 795. The van der Waals surface area contributed by atoms with Crippen LogP contribution in [0.25, 0.3) is 11.1 Å². The summed E-state index contributed by atoms with van der Waals surface area (Å²) in [7, 11) is 1.48. The van der Waals surface area contributed by atoms with Crippen molar-refractivity contribution in [3.8, 4) is 5.75 Å². The number of halogens is 2. The number of hydrogen-bond acceptors (Lipinski definition) is 2. The van der Waals surface area contributed by atoms with Gasteiger partial charge >= 0.3 is 0 Å². The Balaban J connectivity index is 2.13. The van der Waals surface area contributed by atoms with E-state index in [0.29, 0.717) is 6.42 Å². The van der Waals surface area contributed by atoms with E-state index in [1.165, 1.54) is 19.2 Å². The zero-order valence-electron chi connectivity index (χ0n) is 15.0. The van der Waals surface area contributed by atoms with Crippen molar-refractivity contribution in [2.24, 2.45) is 0 Å². The van der Waals surface area contributed by atoms with Crippen molar-refractivity contribution >= 4 is 11.1 Å². The maximum atomic E-state index is 14.4. The first kappa shape index (κ1) is 18.6. The Hall–Kier alpha value is -2.20. The standard InChI is InChI=1S/C22H24F2O2/c1-26-22-13-16-5-4-7-18(15-8-10-17(23)11-9-15)19(6-2-3-12-25)20(16)14-21(22)24/h8-11,13-14,25H,2-7,12H2,1H3. The number of hydrogen-bond donors (Lipinski definition) is 1. The highest BCUT2D eigenvalue weighted by Crippen LogP contribution is 2.40. The molecular weight excluding hydrogens is 334 g/mol. The highest BCUT2D eigenvalue weighted by Gasteiger charge is 2.21. The number of rotatable bonds is 6. The smallest absolute Gasteiger partial charge is 0.165 e. The van der Waals surface area contributed by atoms with Gasteiger partial charge in [0, 0.05) is 6.61 Å². The minimum Gasteiger partial charge on any atom is -0.494 e. The summed E-state index contributed by atoms with van der Waals surface area (Å²) < 4.78 is 32.9. The lowest BCUT2D eigenvalue weighted by atomic mass is 9.89. The maximum Gasteiger partial charge on any atom is 0.165 e. The molecule has 2 aromatic rings. The normalized spacial score (nSPS) is 14.2. The van der Waals surface area contributed by atoms with Crippen molar-refractivity contribution in [3.63, 3.8) is 0 Å². The van der Waals surface area contributed by atoms with Crippen molar-refractivity contribution in [1.29, 1.82) is 0 Å². The van der Waals surface area contributed by atoms with Gasteiger partial charge in [0.25, 0.3) is 0 Å². The highest BCUT2D eigenvalue weighted by atomic mass is 19.1. The van der Waals surface area contributed by atoms with E-state index < -0.39 is 0 Å². The Morgan fingerprint density at radius 2 is 1.81 bits per heavy atom. The van der Waals surface area contributed by atoms with E-state index in [-0.39, 0.29) is 24.0 Å². The van der Waals surface area contributed by atoms with E-state index in [0.717, 1.165) is 59.9 Å². The fourth-order valence-corrected chi connectivity index (χ4v) is 3.68. The van der Waals surface area contributed by atoms with Gasteiger partial charge < -0.3 is 9.84 Å². The van der Waals surface area contributed by atoms with Gasteiger partial charge in [-0.15, -0.1) is 0 Å². The molecule has 26 heavy (non-hydrogen) atoms. The summed E-state index contributed by atoms with van der Waals surface area (Å²) in [6, 6.07) is 9.88. The number of aryl methyl sites for hydroxylation is 1. The van der Waals surface area contributed by atoms with Gasteiger partial charge in [0.05, 0.1) is 7.11 Å². The van der Waals surface area contributed by atoms with Crippen LogP contribution in [0.3, 0.4) is 0 Å². The maximum absolute atomic E-state index is 14.4. The molecule has 3 rings (SSSR count). The van der Waals surface area contributed by atoms with Gasteiger partial charge in [-0.2, -0.15) is 0 Å². The molecule has 0 fully saturated rings. The first-order valence-electron chi connectivity index (χ1n) is 9.09. The van der Waals surface area contributed by atoms with Crippen LogP contribution in [-0.4, -0.2) is 18.8 Å². The van der Waals surface area contributed by atoms with Crippen LogP contribution < -0.4 is 4.74 Å². The summed E-state index contributed by atoms with van der Waals surface area (Å²) in [5.74, 6) is -0.365. The molecule has 1 N–H and O–H groups in total. The molecule has 0 amide bonds. The topological polar surface area (TPSA) is 29.5 Å². The molecule has 0 saturated carbocycles. The van der Waals surface area contributed by atoms with Crippen LogP contribution in [0, 0.1) is 11.6 Å². The molecule has 2 aromatic carbocycles. The fraction of sp³-hybridized carbons (Fsp3) is 0.364. The summed E-state index contributed by atoms with van der Waals surface area (Å²) in [6.45, 7) is 0.142. The van der Waals surface area contributed by atoms with Gasteiger partial charge in [0.2, 0.25) is 0 Å². The molecule has 0 saturated heterocycles. The molecule has 138 valence electrons. The minimum atomic E-state index is -0.369. The number of unbranched alkanes of at least 4 members (excludes halogenated alkanes) is 1. The molecule has 0 atom stereocenters. The summed E-state index contributed by atoms with van der Waals surface area (Å²) in [5, 5.41) is 9.14. The molecule has 1 aliphatic carbocycles. The van der Waals surface area contributed by atoms with Gasteiger partial charge in [-0.25, -0.2) is 8.78 Å². The van der Waals surface area contributed by atoms with Crippen LogP contribution in [0.5, 0.6) is 5.75 Å². The largest absolute Gasteiger partial charge is 0.494 e. The number of methoxy groups -OCH3 is 1. The van der Waals surface area contributed by atoms with E-state index in [2.05, 4.69) is 0 Å². The summed E-state index contributed by atoms with van der Waals surface area (Å²) in [4.78, 5) is 0. The SMILES string of the molecule is COc1cc2c(cc1F)C(CCCCO)=C(c1ccc(F)cc1)CCC2. The van der Waals surface area contributed by atoms with Crippen molar-refractivity contribution in [2.75, 3.05) is 13.7 Å². The van der Waals surface area contributed by atoms with Gasteiger partial charge in [-0.05, 0) is 90.6 Å². The van der Waals surface area contributed by atoms with Crippen molar-refractivity contribution in [2.45, 2.75) is 38.5 Å². The Morgan fingerprint density at radius 3 is 2.50 bits per heavy atom. The molecule has 0 unspecified atom stereocenters. The van der Waals surface area contributed by atoms with Crippen molar-refractivity contribution in [3.05, 3.63) is 64.7 Å². The molecule has 4 heteroatoms. The van der Waals surface area contributed by atoms with Gasteiger partial charge in [0.15, 0.2) is 11.6 Å². The number of fused-ring (bicyclic) bond motifs is 1.